The number of nitrogens with one attached hydrogen (secondary N) is 3. The van der Waals surface area contributed by atoms with Gasteiger partial charge in [-0.2, -0.15) is 8.78 Å². The second-order valence-corrected chi connectivity index (χ2v) is 13.8. The van der Waals surface area contributed by atoms with Crippen molar-refractivity contribution in [2.75, 3.05) is 26.5 Å². The van der Waals surface area contributed by atoms with Gasteiger partial charge in [-0.1, -0.05) is 0 Å². The number of ether oxygens (including phenoxy) is 2. The second-order valence-electron chi connectivity index (χ2n) is 10.4. The number of rotatable bonds is 12. The molecule has 4 aromatic rings. The molecule has 2 amide bonds. The Balaban J connectivity index is 1.61. The molecule has 0 aliphatic rings. The van der Waals surface area contributed by atoms with Gasteiger partial charge in [0.05, 0.1) is 48.6 Å². The molecule has 7 N–H and O–H groups in total. The molecule has 0 bridgehead atoms. The molecule has 0 radical (unpaired) electrons. The quantitative estimate of drug-likeness (QED) is 0.0777. The minimum Gasteiger partial charge on any atom is -0.467 e. The zero-order chi connectivity index (χ0) is 35.8. The van der Waals surface area contributed by atoms with Crippen LogP contribution in [0.1, 0.15) is 32.4 Å². The first-order chi connectivity index (χ1) is 22.2. The number of aryl methyl sites for hydroxylation is 1. The summed E-state index contributed by atoms with van der Waals surface area (Å²) >= 11 is 0. The summed E-state index contributed by atoms with van der Waals surface area (Å²) in [6.07, 6.45) is -2.08. The average Bonchev–Trinajstić information content (AvgIpc) is 3.59. The zero-order valence-electron chi connectivity index (χ0n) is 25.1. The molecule has 2 unspecified atom stereocenters. The van der Waals surface area contributed by atoms with Crippen LogP contribution in [0.2, 0.25) is 0 Å². The van der Waals surface area contributed by atoms with Gasteiger partial charge in [0.15, 0.2) is 11.6 Å². The Morgan fingerprint density at radius 1 is 0.854 bits per heavy atom. The summed E-state index contributed by atoms with van der Waals surface area (Å²) in [5.74, 6) is -9.70. The molecular formula is C26H28F2N6O12P2. The number of aromatic amines is 1. The second kappa shape index (κ2) is 13.5. The Bertz CT molecular complexity index is 2020. The van der Waals surface area contributed by atoms with Gasteiger partial charge in [0.1, 0.15) is 12.1 Å². The molecule has 2 atom stereocenters. The van der Waals surface area contributed by atoms with Crippen molar-refractivity contribution in [2.45, 2.75) is 18.0 Å². The summed E-state index contributed by atoms with van der Waals surface area (Å²) < 4.78 is 64.5. The van der Waals surface area contributed by atoms with Crippen molar-refractivity contribution >= 4 is 61.0 Å². The van der Waals surface area contributed by atoms with Crippen LogP contribution in [0.15, 0.2) is 36.4 Å². The van der Waals surface area contributed by atoms with Crippen LogP contribution in [0.5, 0.6) is 0 Å². The maximum absolute atomic E-state index is 15.9. The number of benzene rings is 2. The molecule has 0 spiro atoms. The highest BCUT2D eigenvalue weighted by Gasteiger charge is 2.43. The van der Waals surface area contributed by atoms with E-state index in [2.05, 4.69) is 35.1 Å². The minimum atomic E-state index is -4.75. The summed E-state index contributed by atoms with van der Waals surface area (Å²) in [7, 11) is -6.33. The highest BCUT2D eigenvalue weighted by Crippen LogP contribution is 2.37. The number of methoxy groups -OCH3 is 2. The van der Waals surface area contributed by atoms with E-state index in [0.717, 1.165) is 24.9 Å². The molecule has 48 heavy (non-hydrogen) atoms. The normalized spacial score (nSPS) is 13.6. The zero-order valence-corrected chi connectivity index (χ0v) is 26.9. The molecule has 0 fully saturated rings. The Hall–Kier alpha value is -4.58. The SMILES string of the molecule is COC(=O)C(CP(=O)(O)O)NC(=O)c1ccc2nc(C(F)(F)c3nc4ccc(C(=O)NC(CP(=O)(O)O)C(=O)OC)cc4n3C)[nH]c2c1. The first kappa shape index (κ1) is 36.3. The molecule has 18 nitrogen and oxygen atoms in total. The summed E-state index contributed by atoms with van der Waals surface area (Å²) in [4.78, 5) is 96.8. The third kappa shape index (κ3) is 8.10. The molecular weight excluding hydrogens is 688 g/mol. The number of aromatic nitrogens is 4. The van der Waals surface area contributed by atoms with Crippen molar-refractivity contribution in [1.29, 1.82) is 0 Å². The van der Waals surface area contributed by atoms with E-state index in [1.165, 1.54) is 37.4 Å². The smallest absolute Gasteiger partial charge is 0.361 e. The fraction of sp³-hybridized carbons (Fsp3) is 0.308. The van der Waals surface area contributed by atoms with Crippen molar-refractivity contribution in [2.24, 2.45) is 7.05 Å². The van der Waals surface area contributed by atoms with Crippen LogP contribution in [-0.4, -0.2) is 101 Å². The van der Waals surface area contributed by atoms with Gasteiger partial charge in [0, 0.05) is 18.2 Å². The molecule has 0 aliphatic heterocycles. The standard InChI is InChI=1S/C26H28F2N6O12P2/c1-34-19-9-13(21(36)30-18(23(38)46-3)11-48(42,43)44)5-7-15(19)33-25(34)26(27,28)24-31-14-6-4-12(8-16(14)32-24)20(35)29-17(22(37)45-2)10-47(39,40)41/h4-9,17-18H,10-11H2,1-3H3,(H,29,35)(H,30,36)(H,31,32)(H2,39,40,41)(H2,42,43,44). The lowest BCUT2D eigenvalue weighted by atomic mass is 10.1. The molecule has 2 heterocycles. The number of hydrogen-bond acceptors (Lipinski definition) is 10. The average molecular weight is 716 g/mol. The van der Waals surface area contributed by atoms with E-state index in [0.29, 0.717) is 0 Å². The van der Waals surface area contributed by atoms with Crippen molar-refractivity contribution < 1.29 is 66.1 Å². The van der Waals surface area contributed by atoms with Crippen LogP contribution >= 0.6 is 15.2 Å². The van der Waals surface area contributed by atoms with Gasteiger partial charge in [-0.15, -0.1) is 0 Å². The topological polar surface area (TPSA) is 272 Å². The monoisotopic (exact) mass is 716 g/mol. The van der Waals surface area contributed by atoms with E-state index in [9.17, 15) is 47.9 Å². The number of hydrogen-bond donors (Lipinski definition) is 7. The summed E-state index contributed by atoms with van der Waals surface area (Å²) in [5.41, 5.74) is -0.250. The van der Waals surface area contributed by atoms with Gasteiger partial charge >= 0.3 is 33.1 Å². The number of esters is 2. The molecule has 0 aliphatic carbocycles. The van der Waals surface area contributed by atoms with E-state index in [4.69, 9.17) is 0 Å². The van der Waals surface area contributed by atoms with E-state index in [1.807, 2.05) is 0 Å². The van der Waals surface area contributed by atoms with Crippen molar-refractivity contribution in [1.82, 2.24) is 30.2 Å². The third-order valence-corrected chi connectivity index (χ3v) is 8.57. The largest absolute Gasteiger partial charge is 0.467 e. The number of imidazole rings is 2. The van der Waals surface area contributed by atoms with Crippen LogP contribution in [0.4, 0.5) is 8.78 Å². The molecule has 2 aromatic heterocycles. The lowest BCUT2D eigenvalue weighted by Crippen LogP contribution is -2.44. The fourth-order valence-electron chi connectivity index (χ4n) is 4.62. The van der Waals surface area contributed by atoms with Gasteiger partial charge in [-0.3, -0.25) is 18.7 Å². The van der Waals surface area contributed by atoms with Gasteiger partial charge < -0.3 is 49.2 Å². The number of H-pyrrole nitrogens is 1. The first-order valence-electron chi connectivity index (χ1n) is 13.5. The van der Waals surface area contributed by atoms with Crippen molar-refractivity contribution in [3.05, 3.63) is 59.2 Å². The molecule has 2 aromatic carbocycles. The molecule has 258 valence electrons. The molecule has 22 heteroatoms. The Morgan fingerprint density at radius 2 is 1.33 bits per heavy atom. The first-order valence-corrected chi connectivity index (χ1v) is 17.0. The van der Waals surface area contributed by atoms with Crippen LogP contribution in [0, 0.1) is 0 Å². The Kier molecular flexibility index (Phi) is 10.2. The van der Waals surface area contributed by atoms with E-state index in [1.54, 1.807) is 0 Å². The number of carbonyl (C=O) groups excluding carboxylic acids is 4. The predicted octanol–water partition coefficient (Wildman–Crippen LogP) is 0.488. The fourth-order valence-corrected chi connectivity index (χ4v) is 6.05. The lowest BCUT2D eigenvalue weighted by Gasteiger charge is -2.17. The number of fused-ring (bicyclic) bond motifs is 2. The summed E-state index contributed by atoms with van der Waals surface area (Å²) in [6, 6.07) is 3.80. The Morgan fingerprint density at radius 3 is 1.81 bits per heavy atom. The minimum absolute atomic E-state index is 0.00847. The van der Waals surface area contributed by atoms with Crippen LogP contribution in [0.25, 0.3) is 22.1 Å². The maximum atomic E-state index is 15.9. The van der Waals surface area contributed by atoms with Gasteiger partial charge in [0.25, 0.3) is 11.8 Å². The number of nitrogens with zero attached hydrogens (tertiary/aromatic N) is 3. The predicted molar refractivity (Wildman–Crippen MR) is 160 cm³/mol. The number of carbonyl (C=O) groups is 4. The number of amides is 2. The number of halogens is 2. The molecule has 0 saturated carbocycles. The highest BCUT2D eigenvalue weighted by atomic mass is 31.2. The lowest BCUT2D eigenvalue weighted by molar-refractivity contribution is -0.143. The number of alkyl halides is 2. The van der Waals surface area contributed by atoms with E-state index in [-0.39, 0.29) is 33.2 Å². The van der Waals surface area contributed by atoms with Crippen LogP contribution in [-0.2, 0) is 41.2 Å². The van der Waals surface area contributed by atoms with Crippen LogP contribution < -0.4 is 10.6 Å². The van der Waals surface area contributed by atoms with Crippen molar-refractivity contribution in [3.8, 4) is 0 Å². The van der Waals surface area contributed by atoms with Crippen molar-refractivity contribution in [3.63, 3.8) is 0 Å². The molecule has 4 rings (SSSR count). The van der Waals surface area contributed by atoms with Gasteiger partial charge in [-0.25, -0.2) is 19.6 Å². The van der Waals surface area contributed by atoms with Gasteiger partial charge in [0.2, 0.25) is 0 Å². The maximum Gasteiger partial charge on any atom is 0.361 e. The van der Waals surface area contributed by atoms with E-state index < -0.39 is 80.9 Å². The van der Waals surface area contributed by atoms with Crippen LogP contribution in [0.3, 0.4) is 0 Å². The molecule has 0 saturated heterocycles. The third-order valence-electron chi connectivity index (χ3n) is 6.89. The Labute approximate surface area is 268 Å². The van der Waals surface area contributed by atoms with E-state index >= 15 is 8.78 Å². The van der Waals surface area contributed by atoms with Gasteiger partial charge in [-0.05, 0) is 36.4 Å². The summed E-state index contributed by atoms with van der Waals surface area (Å²) in [6.45, 7) is 0. The highest BCUT2D eigenvalue weighted by molar-refractivity contribution is 7.52. The summed E-state index contributed by atoms with van der Waals surface area (Å²) in [5, 5.41) is 4.30.